The zero-order valence-corrected chi connectivity index (χ0v) is 14.3. The lowest BCUT2D eigenvalue weighted by Crippen LogP contribution is -2.08. The number of nitrogens with two attached hydrogens (primary N) is 1. The number of hydrogen-bond acceptors (Lipinski definition) is 6. The maximum absolute atomic E-state index is 8.73. The lowest BCUT2D eigenvalue weighted by Gasteiger charge is -2.13. The molecule has 0 aliphatic heterocycles. The third-order valence-electron chi connectivity index (χ3n) is 3.30. The van der Waals surface area contributed by atoms with Gasteiger partial charge in [-0.25, -0.2) is 4.98 Å². The average Bonchev–Trinajstić information content (AvgIpc) is 2.53. The van der Waals surface area contributed by atoms with Crippen LogP contribution in [0.4, 0.5) is 11.8 Å². The normalized spacial score (nSPS) is 10.3. The predicted octanol–water partition coefficient (Wildman–Crippen LogP) is 3.80. The highest BCUT2D eigenvalue weighted by Gasteiger charge is 2.12. The molecule has 5 nitrogen and oxygen atoms in total. The van der Waals surface area contributed by atoms with Gasteiger partial charge in [0, 0.05) is 11.4 Å². The van der Waals surface area contributed by atoms with Crippen LogP contribution in [-0.4, -0.2) is 16.5 Å². The largest absolute Gasteiger partial charge is 0.369 e. The van der Waals surface area contributed by atoms with E-state index in [-0.39, 0.29) is 5.95 Å². The second-order valence-corrected chi connectivity index (χ2v) is 6.29. The van der Waals surface area contributed by atoms with Gasteiger partial charge in [-0.2, -0.15) is 10.2 Å². The molecule has 0 atom stereocenters. The van der Waals surface area contributed by atoms with Gasteiger partial charge in [0.15, 0.2) is 0 Å². The molecule has 120 valence electrons. The van der Waals surface area contributed by atoms with E-state index in [1.54, 1.807) is 11.8 Å². The standard InChI is InChI=1S/C17H21N5S/c1-3-4-11-20-16-15(12(2)21-17(19)22-16)23-14-7-5-13(6-8-14)9-10-18/h5-8H,3-4,9,11H2,1-2H3,(H3,19,20,21,22). The highest BCUT2D eigenvalue weighted by Crippen LogP contribution is 2.35. The van der Waals surface area contributed by atoms with Crippen LogP contribution < -0.4 is 11.1 Å². The molecule has 0 aliphatic rings. The van der Waals surface area contributed by atoms with Crippen molar-refractivity contribution in [1.82, 2.24) is 9.97 Å². The molecule has 1 heterocycles. The molecule has 0 radical (unpaired) electrons. The molecular weight excluding hydrogens is 306 g/mol. The first-order valence-corrected chi connectivity index (χ1v) is 8.47. The fourth-order valence-corrected chi connectivity index (χ4v) is 3.01. The number of nitrogen functional groups attached to an aromatic ring is 1. The van der Waals surface area contributed by atoms with Gasteiger partial charge in [0.2, 0.25) is 5.95 Å². The number of nitrogens with zero attached hydrogens (tertiary/aromatic N) is 3. The van der Waals surface area contributed by atoms with Crippen molar-refractivity contribution in [2.24, 2.45) is 0 Å². The molecule has 0 amide bonds. The quantitative estimate of drug-likeness (QED) is 0.752. The summed E-state index contributed by atoms with van der Waals surface area (Å²) in [5.74, 6) is 1.07. The Morgan fingerprint density at radius 3 is 2.65 bits per heavy atom. The van der Waals surface area contributed by atoms with Crippen LogP contribution in [0.3, 0.4) is 0 Å². The van der Waals surface area contributed by atoms with Crippen LogP contribution in [0, 0.1) is 18.3 Å². The van der Waals surface area contributed by atoms with Crippen molar-refractivity contribution >= 4 is 23.5 Å². The third kappa shape index (κ3) is 4.86. The van der Waals surface area contributed by atoms with Crippen LogP contribution >= 0.6 is 11.8 Å². The van der Waals surface area contributed by atoms with Gasteiger partial charge in [0.25, 0.3) is 0 Å². The summed E-state index contributed by atoms with van der Waals surface area (Å²) in [5, 5.41) is 12.1. The topological polar surface area (TPSA) is 87.6 Å². The van der Waals surface area contributed by atoms with E-state index >= 15 is 0 Å². The summed E-state index contributed by atoms with van der Waals surface area (Å²) in [6.07, 6.45) is 2.63. The molecule has 3 N–H and O–H groups in total. The first-order chi connectivity index (χ1) is 11.1. The number of nitrogens with one attached hydrogen (secondary N) is 1. The van der Waals surface area contributed by atoms with E-state index < -0.39 is 0 Å². The highest BCUT2D eigenvalue weighted by molar-refractivity contribution is 7.99. The van der Waals surface area contributed by atoms with Crippen molar-refractivity contribution in [2.75, 3.05) is 17.6 Å². The zero-order chi connectivity index (χ0) is 16.7. The van der Waals surface area contributed by atoms with Crippen molar-refractivity contribution in [3.8, 4) is 6.07 Å². The molecule has 2 aromatic rings. The van der Waals surface area contributed by atoms with E-state index in [0.717, 1.165) is 46.3 Å². The lowest BCUT2D eigenvalue weighted by atomic mass is 10.2. The number of aryl methyl sites for hydroxylation is 1. The molecule has 0 fully saturated rings. The summed E-state index contributed by atoms with van der Waals surface area (Å²) in [7, 11) is 0. The number of unbranched alkanes of at least 4 members (excludes halogenated alkanes) is 1. The van der Waals surface area contributed by atoms with E-state index in [1.807, 2.05) is 31.2 Å². The Balaban J connectivity index is 2.21. The SMILES string of the molecule is CCCCNc1nc(N)nc(C)c1Sc1ccc(CC#N)cc1. The summed E-state index contributed by atoms with van der Waals surface area (Å²) in [4.78, 5) is 10.7. The lowest BCUT2D eigenvalue weighted by molar-refractivity contribution is 0.826. The number of nitriles is 1. The number of rotatable bonds is 7. The van der Waals surface area contributed by atoms with Gasteiger partial charge in [-0.3, -0.25) is 0 Å². The van der Waals surface area contributed by atoms with Gasteiger partial charge in [-0.05, 0) is 31.0 Å². The molecule has 0 bridgehead atoms. The highest BCUT2D eigenvalue weighted by atomic mass is 32.2. The number of benzene rings is 1. The Morgan fingerprint density at radius 1 is 1.26 bits per heavy atom. The molecule has 2 rings (SSSR count). The van der Waals surface area contributed by atoms with E-state index in [4.69, 9.17) is 11.0 Å². The summed E-state index contributed by atoms with van der Waals surface area (Å²) in [6, 6.07) is 10.1. The molecule has 0 aliphatic carbocycles. The average molecular weight is 327 g/mol. The van der Waals surface area contributed by atoms with Crippen molar-refractivity contribution in [1.29, 1.82) is 5.26 Å². The van der Waals surface area contributed by atoms with Crippen LogP contribution in [0.2, 0.25) is 0 Å². The van der Waals surface area contributed by atoms with Crippen LogP contribution in [0.25, 0.3) is 0 Å². The van der Waals surface area contributed by atoms with Gasteiger partial charge in [0.1, 0.15) is 5.82 Å². The van der Waals surface area contributed by atoms with Crippen molar-refractivity contribution in [3.05, 3.63) is 35.5 Å². The Kier molecular flexibility index (Phi) is 6.24. The van der Waals surface area contributed by atoms with Gasteiger partial charge in [-0.1, -0.05) is 37.2 Å². The summed E-state index contributed by atoms with van der Waals surface area (Å²) in [6.45, 7) is 4.95. The molecule has 0 unspecified atom stereocenters. The monoisotopic (exact) mass is 327 g/mol. The summed E-state index contributed by atoms with van der Waals surface area (Å²) >= 11 is 1.61. The molecule has 23 heavy (non-hydrogen) atoms. The van der Waals surface area contributed by atoms with E-state index in [2.05, 4.69) is 28.3 Å². The zero-order valence-electron chi connectivity index (χ0n) is 13.5. The van der Waals surface area contributed by atoms with Crippen LogP contribution in [-0.2, 0) is 6.42 Å². The first-order valence-electron chi connectivity index (χ1n) is 7.65. The van der Waals surface area contributed by atoms with Gasteiger partial charge in [0.05, 0.1) is 23.1 Å². The number of aromatic nitrogens is 2. The Labute approximate surface area is 141 Å². The summed E-state index contributed by atoms with van der Waals surface area (Å²) in [5.41, 5.74) is 7.66. The molecule has 1 aromatic carbocycles. The van der Waals surface area contributed by atoms with Crippen LogP contribution in [0.1, 0.15) is 31.0 Å². The maximum atomic E-state index is 8.73. The van der Waals surface area contributed by atoms with Crippen LogP contribution in [0.5, 0.6) is 0 Å². The van der Waals surface area contributed by atoms with Crippen molar-refractivity contribution in [2.45, 2.75) is 42.9 Å². The maximum Gasteiger partial charge on any atom is 0.222 e. The smallest absolute Gasteiger partial charge is 0.222 e. The molecule has 0 saturated heterocycles. The third-order valence-corrected chi connectivity index (χ3v) is 4.50. The van der Waals surface area contributed by atoms with E-state index in [9.17, 15) is 0 Å². The fourth-order valence-electron chi connectivity index (χ4n) is 2.09. The Morgan fingerprint density at radius 2 is 2.00 bits per heavy atom. The minimum absolute atomic E-state index is 0.287. The second-order valence-electron chi connectivity index (χ2n) is 5.21. The second kappa shape index (κ2) is 8.39. The summed E-state index contributed by atoms with van der Waals surface area (Å²) < 4.78 is 0. The fraction of sp³-hybridized carbons (Fsp3) is 0.353. The molecule has 1 aromatic heterocycles. The van der Waals surface area contributed by atoms with Gasteiger partial charge in [-0.15, -0.1) is 0 Å². The minimum atomic E-state index is 0.287. The first kappa shape index (κ1) is 17.1. The molecule has 6 heteroatoms. The van der Waals surface area contributed by atoms with E-state index in [0.29, 0.717) is 6.42 Å². The number of hydrogen-bond donors (Lipinski definition) is 2. The van der Waals surface area contributed by atoms with Crippen LogP contribution in [0.15, 0.2) is 34.1 Å². The van der Waals surface area contributed by atoms with Crippen molar-refractivity contribution < 1.29 is 0 Å². The molecule has 0 saturated carbocycles. The van der Waals surface area contributed by atoms with Crippen molar-refractivity contribution in [3.63, 3.8) is 0 Å². The number of anilines is 2. The molecule has 0 spiro atoms. The van der Waals surface area contributed by atoms with E-state index in [1.165, 1.54) is 0 Å². The van der Waals surface area contributed by atoms with Gasteiger partial charge >= 0.3 is 0 Å². The van der Waals surface area contributed by atoms with Gasteiger partial charge < -0.3 is 11.1 Å². The Hall–Kier alpha value is -2.26. The predicted molar refractivity (Wildman–Crippen MR) is 94.5 cm³/mol. The molecular formula is C17H21N5S. The minimum Gasteiger partial charge on any atom is -0.369 e. The Bertz CT molecular complexity index is 691.